The van der Waals surface area contributed by atoms with Gasteiger partial charge in [-0.25, -0.2) is 12.7 Å². The molecule has 7 heteroatoms. The molecular formula is C10H12N2O4S. The van der Waals surface area contributed by atoms with Crippen molar-refractivity contribution in [3.05, 3.63) is 30.3 Å². The molecule has 1 aromatic rings. The predicted molar refractivity (Wildman–Crippen MR) is 60.2 cm³/mol. The summed E-state index contributed by atoms with van der Waals surface area (Å²) in [7, 11) is -4.01. The van der Waals surface area contributed by atoms with Crippen LogP contribution in [0.5, 0.6) is 0 Å². The fourth-order valence-electron chi connectivity index (χ4n) is 1.23. The Labute approximate surface area is 99.1 Å². The zero-order chi connectivity index (χ0) is 13.1. The standard InChI is InChI=1S/C10H12N2O4S/c1-8(13)12(7-10(11)14)17(15,16)9-5-3-2-4-6-9/h2-6H,7H2,1H3,(H2,11,14). The van der Waals surface area contributed by atoms with Crippen molar-refractivity contribution >= 4 is 21.8 Å². The minimum absolute atomic E-state index is 0.0588. The first kappa shape index (κ1) is 13.2. The average molecular weight is 256 g/mol. The largest absolute Gasteiger partial charge is 0.368 e. The summed E-state index contributed by atoms with van der Waals surface area (Å²) in [5.74, 6) is -1.65. The first-order valence-corrected chi connectivity index (χ1v) is 6.16. The third kappa shape index (κ3) is 3.04. The SMILES string of the molecule is CC(=O)N(CC(N)=O)S(=O)(=O)c1ccccc1. The molecule has 17 heavy (non-hydrogen) atoms. The summed E-state index contributed by atoms with van der Waals surface area (Å²) in [6, 6.07) is 7.37. The molecule has 0 radical (unpaired) electrons. The molecule has 1 aromatic carbocycles. The van der Waals surface area contributed by atoms with Gasteiger partial charge < -0.3 is 5.73 Å². The summed E-state index contributed by atoms with van der Waals surface area (Å²) in [5.41, 5.74) is 4.91. The molecule has 1 rings (SSSR count). The van der Waals surface area contributed by atoms with Crippen LogP contribution in [0.1, 0.15) is 6.92 Å². The lowest BCUT2D eigenvalue weighted by Gasteiger charge is -2.19. The van der Waals surface area contributed by atoms with Crippen LogP contribution in [-0.4, -0.2) is 31.1 Å². The van der Waals surface area contributed by atoms with Crippen molar-refractivity contribution in [2.24, 2.45) is 5.73 Å². The molecule has 0 bridgehead atoms. The van der Waals surface area contributed by atoms with E-state index in [9.17, 15) is 18.0 Å². The topological polar surface area (TPSA) is 97.5 Å². The highest BCUT2D eigenvalue weighted by Gasteiger charge is 2.27. The first-order chi connectivity index (χ1) is 7.85. The summed E-state index contributed by atoms with van der Waals surface area (Å²) in [6.45, 7) is 0.399. The van der Waals surface area contributed by atoms with E-state index in [4.69, 9.17) is 5.73 Å². The molecule has 0 spiro atoms. The zero-order valence-corrected chi connectivity index (χ0v) is 9.98. The summed E-state index contributed by atoms with van der Waals surface area (Å²) < 4.78 is 24.5. The van der Waals surface area contributed by atoms with E-state index >= 15 is 0 Å². The Bertz CT molecular complexity index is 524. The Morgan fingerprint density at radius 2 is 1.76 bits per heavy atom. The zero-order valence-electron chi connectivity index (χ0n) is 9.16. The lowest BCUT2D eigenvalue weighted by molar-refractivity contribution is -0.128. The molecule has 2 N–H and O–H groups in total. The van der Waals surface area contributed by atoms with E-state index in [2.05, 4.69) is 0 Å². The highest BCUT2D eigenvalue weighted by molar-refractivity contribution is 7.89. The van der Waals surface area contributed by atoms with E-state index in [0.717, 1.165) is 6.92 Å². The van der Waals surface area contributed by atoms with Crippen molar-refractivity contribution in [2.45, 2.75) is 11.8 Å². The Kier molecular flexibility index (Phi) is 3.84. The first-order valence-electron chi connectivity index (χ1n) is 4.72. The molecule has 2 amide bonds. The van der Waals surface area contributed by atoms with Gasteiger partial charge in [-0.1, -0.05) is 18.2 Å². The van der Waals surface area contributed by atoms with E-state index in [1.165, 1.54) is 24.3 Å². The van der Waals surface area contributed by atoms with Crippen LogP contribution >= 0.6 is 0 Å². The lowest BCUT2D eigenvalue weighted by atomic mass is 10.4. The number of primary amides is 1. The second-order valence-corrected chi connectivity index (χ2v) is 5.17. The van der Waals surface area contributed by atoms with E-state index in [-0.39, 0.29) is 4.90 Å². The van der Waals surface area contributed by atoms with Gasteiger partial charge in [-0.3, -0.25) is 9.59 Å². The van der Waals surface area contributed by atoms with Crippen molar-refractivity contribution in [1.82, 2.24) is 4.31 Å². The Hall–Kier alpha value is -1.89. The molecule has 0 aliphatic rings. The summed E-state index contributed by atoms with van der Waals surface area (Å²) in [4.78, 5) is 21.9. The summed E-state index contributed by atoms with van der Waals surface area (Å²) in [5, 5.41) is 0. The number of rotatable bonds is 4. The number of hydrogen-bond donors (Lipinski definition) is 1. The van der Waals surface area contributed by atoms with Gasteiger partial charge in [-0.05, 0) is 12.1 Å². The van der Waals surface area contributed by atoms with Crippen LogP contribution in [0.15, 0.2) is 35.2 Å². The summed E-state index contributed by atoms with van der Waals surface area (Å²) >= 11 is 0. The molecule has 0 aliphatic carbocycles. The second kappa shape index (κ2) is 4.96. The van der Waals surface area contributed by atoms with Gasteiger partial charge in [0.05, 0.1) is 4.90 Å². The monoisotopic (exact) mass is 256 g/mol. The van der Waals surface area contributed by atoms with Crippen LogP contribution in [0, 0.1) is 0 Å². The normalized spacial score (nSPS) is 10.9. The smallest absolute Gasteiger partial charge is 0.266 e. The van der Waals surface area contributed by atoms with Crippen LogP contribution < -0.4 is 5.73 Å². The number of sulfonamides is 1. The van der Waals surface area contributed by atoms with Crippen LogP contribution in [0.4, 0.5) is 0 Å². The molecule has 6 nitrogen and oxygen atoms in total. The molecule has 92 valence electrons. The molecule has 0 aliphatic heterocycles. The lowest BCUT2D eigenvalue weighted by Crippen LogP contribution is -2.41. The molecular weight excluding hydrogens is 244 g/mol. The molecule has 0 saturated carbocycles. The maximum atomic E-state index is 12.0. The fraction of sp³-hybridized carbons (Fsp3) is 0.200. The fourth-order valence-corrected chi connectivity index (χ4v) is 2.62. The van der Waals surface area contributed by atoms with Gasteiger partial charge in [0.15, 0.2) is 0 Å². The van der Waals surface area contributed by atoms with Gasteiger partial charge in [0.2, 0.25) is 11.8 Å². The molecule has 0 unspecified atom stereocenters. The van der Waals surface area contributed by atoms with Crippen molar-refractivity contribution < 1.29 is 18.0 Å². The Morgan fingerprint density at radius 1 is 1.24 bits per heavy atom. The highest BCUT2D eigenvalue weighted by Crippen LogP contribution is 2.14. The third-order valence-electron chi connectivity index (χ3n) is 1.98. The maximum absolute atomic E-state index is 12.0. The molecule has 0 fully saturated rings. The number of benzene rings is 1. The van der Waals surface area contributed by atoms with Gasteiger partial charge in [0.1, 0.15) is 6.54 Å². The second-order valence-electron chi connectivity index (χ2n) is 3.31. The van der Waals surface area contributed by atoms with Gasteiger partial charge >= 0.3 is 0 Å². The molecule has 0 atom stereocenters. The van der Waals surface area contributed by atoms with Crippen molar-refractivity contribution in [3.63, 3.8) is 0 Å². The van der Waals surface area contributed by atoms with Gasteiger partial charge in [-0.15, -0.1) is 0 Å². The van der Waals surface area contributed by atoms with Gasteiger partial charge in [0.25, 0.3) is 10.0 Å². The predicted octanol–water partition coefficient (Wildman–Crippen LogP) is -0.291. The maximum Gasteiger partial charge on any atom is 0.266 e. The third-order valence-corrected chi connectivity index (χ3v) is 3.82. The van der Waals surface area contributed by atoms with Crippen molar-refractivity contribution in [1.29, 1.82) is 0 Å². The van der Waals surface area contributed by atoms with Crippen LogP contribution in [-0.2, 0) is 19.6 Å². The van der Waals surface area contributed by atoms with E-state index in [0.29, 0.717) is 4.31 Å². The number of hydrogen-bond acceptors (Lipinski definition) is 4. The quantitative estimate of drug-likeness (QED) is 0.800. The average Bonchev–Trinajstić information content (AvgIpc) is 2.26. The van der Waals surface area contributed by atoms with Crippen LogP contribution in [0.3, 0.4) is 0 Å². The number of carbonyl (C=O) groups excluding carboxylic acids is 2. The van der Waals surface area contributed by atoms with Crippen LogP contribution in [0.25, 0.3) is 0 Å². The van der Waals surface area contributed by atoms with E-state index in [1.54, 1.807) is 6.07 Å². The number of carbonyl (C=O) groups is 2. The molecule has 0 saturated heterocycles. The molecule has 0 heterocycles. The van der Waals surface area contributed by atoms with Gasteiger partial charge in [-0.2, -0.15) is 0 Å². The molecule has 0 aromatic heterocycles. The number of nitrogens with two attached hydrogens (primary N) is 1. The summed E-state index contributed by atoms with van der Waals surface area (Å²) in [6.07, 6.45) is 0. The van der Waals surface area contributed by atoms with Crippen molar-refractivity contribution in [3.8, 4) is 0 Å². The number of nitrogens with zero attached hydrogens (tertiary/aromatic N) is 1. The highest BCUT2D eigenvalue weighted by atomic mass is 32.2. The van der Waals surface area contributed by atoms with E-state index < -0.39 is 28.4 Å². The number of amides is 2. The minimum Gasteiger partial charge on any atom is -0.368 e. The van der Waals surface area contributed by atoms with Crippen LogP contribution in [0.2, 0.25) is 0 Å². The van der Waals surface area contributed by atoms with Crippen molar-refractivity contribution in [2.75, 3.05) is 6.54 Å². The minimum atomic E-state index is -4.01. The van der Waals surface area contributed by atoms with Gasteiger partial charge in [0, 0.05) is 6.92 Å². The Morgan fingerprint density at radius 3 is 2.18 bits per heavy atom. The van der Waals surface area contributed by atoms with E-state index in [1.807, 2.05) is 0 Å². The Balaban J connectivity index is 3.19.